The normalized spacial score (nSPS) is 16.3. The van der Waals surface area contributed by atoms with E-state index in [1.165, 1.54) is 12.8 Å². The molecule has 0 spiro atoms. The average Bonchev–Trinajstić information content (AvgIpc) is 3.33. The second-order valence-electron chi connectivity index (χ2n) is 6.00. The van der Waals surface area contributed by atoms with Crippen LogP contribution >= 0.6 is 28.3 Å². The van der Waals surface area contributed by atoms with Crippen LogP contribution in [0.1, 0.15) is 24.8 Å². The van der Waals surface area contributed by atoms with Crippen LogP contribution in [0.2, 0.25) is 0 Å². The van der Waals surface area contributed by atoms with E-state index in [-0.39, 0.29) is 30.3 Å². The molecule has 1 aromatic rings. The Labute approximate surface area is 153 Å². The molecule has 130 valence electrons. The van der Waals surface area contributed by atoms with Gasteiger partial charge in [-0.15, -0.1) is 12.4 Å². The molecule has 2 rings (SSSR count). The first kappa shape index (κ1) is 20.4. The number of methoxy groups -OCH3 is 1. The van der Waals surface area contributed by atoms with E-state index < -0.39 is 0 Å². The highest BCUT2D eigenvalue weighted by Gasteiger charge is 2.32. The highest BCUT2D eigenvalue weighted by atomic mass is 79.9. The molecular weight excluding hydrogens is 380 g/mol. The van der Waals surface area contributed by atoms with Gasteiger partial charge in [-0.25, -0.2) is 0 Å². The maximum atomic E-state index is 12.6. The number of nitrogens with two attached hydrogens (primary N) is 1. The summed E-state index contributed by atoms with van der Waals surface area (Å²) in [5, 5.41) is 3.14. The Hall–Kier alpha value is -0.620. The van der Waals surface area contributed by atoms with E-state index in [2.05, 4.69) is 33.4 Å². The van der Waals surface area contributed by atoms with Gasteiger partial charge in [0.1, 0.15) is 0 Å². The zero-order chi connectivity index (χ0) is 15.9. The first-order chi connectivity index (χ1) is 10.6. The maximum absolute atomic E-state index is 12.6. The molecule has 0 aliphatic heterocycles. The SMILES string of the molecule is COCCC(Cc1cccc(Br)c1)C(=O)NC(CN)C1CC1.Cl. The van der Waals surface area contributed by atoms with Gasteiger partial charge in [0.2, 0.25) is 5.91 Å². The first-order valence-corrected chi connectivity index (χ1v) is 8.67. The van der Waals surface area contributed by atoms with Crippen molar-refractivity contribution >= 4 is 34.2 Å². The number of nitrogens with one attached hydrogen (secondary N) is 1. The molecule has 4 nitrogen and oxygen atoms in total. The third-order valence-electron chi connectivity index (χ3n) is 4.18. The summed E-state index contributed by atoms with van der Waals surface area (Å²) in [7, 11) is 1.67. The van der Waals surface area contributed by atoms with Gasteiger partial charge < -0.3 is 15.8 Å². The van der Waals surface area contributed by atoms with E-state index in [9.17, 15) is 4.79 Å². The van der Waals surface area contributed by atoms with Crippen LogP contribution in [0.25, 0.3) is 0 Å². The molecule has 1 amide bonds. The van der Waals surface area contributed by atoms with Crippen molar-refractivity contribution in [2.24, 2.45) is 17.6 Å². The van der Waals surface area contributed by atoms with Crippen molar-refractivity contribution in [2.75, 3.05) is 20.3 Å². The zero-order valence-electron chi connectivity index (χ0n) is 13.5. The number of carbonyl (C=O) groups is 1. The molecule has 0 saturated heterocycles. The molecule has 1 aliphatic rings. The fourth-order valence-corrected chi connectivity index (χ4v) is 3.15. The molecule has 6 heteroatoms. The van der Waals surface area contributed by atoms with Gasteiger partial charge in [-0.2, -0.15) is 0 Å². The van der Waals surface area contributed by atoms with Gasteiger partial charge in [0.25, 0.3) is 0 Å². The number of carbonyl (C=O) groups excluding carboxylic acids is 1. The topological polar surface area (TPSA) is 64.3 Å². The second kappa shape index (κ2) is 10.3. The molecule has 0 bridgehead atoms. The second-order valence-corrected chi connectivity index (χ2v) is 6.92. The summed E-state index contributed by atoms with van der Waals surface area (Å²) in [5.41, 5.74) is 6.94. The predicted molar refractivity (Wildman–Crippen MR) is 98.8 cm³/mol. The van der Waals surface area contributed by atoms with E-state index in [1.54, 1.807) is 7.11 Å². The largest absolute Gasteiger partial charge is 0.385 e. The molecule has 2 unspecified atom stereocenters. The zero-order valence-corrected chi connectivity index (χ0v) is 15.9. The molecule has 23 heavy (non-hydrogen) atoms. The minimum Gasteiger partial charge on any atom is -0.385 e. The smallest absolute Gasteiger partial charge is 0.223 e. The standard InChI is InChI=1S/C17H25BrN2O2.ClH/c1-22-8-7-14(9-12-3-2-4-15(18)10-12)17(21)20-16(11-19)13-5-6-13;/h2-4,10,13-14,16H,5-9,11,19H2,1H3,(H,20,21);1H. The predicted octanol–water partition coefficient (Wildman–Crippen LogP) is 2.92. The van der Waals surface area contributed by atoms with Crippen LogP contribution < -0.4 is 11.1 Å². The number of rotatable bonds is 9. The summed E-state index contributed by atoms with van der Waals surface area (Å²) < 4.78 is 6.20. The van der Waals surface area contributed by atoms with Crippen LogP contribution in [0.4, 0.5) is 0 Å². The van der Waals surface area contributed by atoms with Crippen molar-refractivity contribution in [3.63, 3.8) is 0 Å². The molecule has 2 atom stereocenters. The highest BCUT2D eigenvalue weighted by molar-refractivity contribution is 9.10. The summed E-state index contributed by atoms with van der Waals surface area (Å²) in [4.78, 5) is 12.6. The number of halogens is 2. The Bertz CT molecular complexity index is 497. The lowest BCUT2D eigenvalue weighted by atomic mass is 9.95. The summed E-state index contributed by atoms with van der Waals surface area (Å²) in [5.74, 6) is 0.587. The van der Waals surface area contributed by atoms with Crippen molar-refractivity contribution in [2.45, 2.75) is 31.7 Å². The van der Waals surface area contributed by atoms with Crippen molar-refractivity contribution in [1.82, 2.24) is 5.32 Å². The van der Waals surface area contributed by atoms with Crippen molar-refractivity contribution in [3.05, 3.63) is 34.3 Å². The van der Waals surface area contributed by atoms with E-state index >= 15 is 0 Å². The molecule has 0 heterocycles. The fourth-order valence-electron chi connectivity index (χ4n) is 2.70. The van der Waals surface area contributed by atoms with Crippen molar-refractivity contribution in [1.29, 1.82) is 0 Å². The lowest BCUT2D eigenvalue weighted by Gasteiger charge is -2.22. The van der Waals surface area contributed by atoms with E-state index in [4.69, 9.17) is 10.5 Å². The van der Waals surface area contributed by atoms with Gasteiger partial charge >= 0.3 is 0 Å². The van der Waals surface area contributed by atoms with Crippen LogP contribution in [0.15, 0.2) is 28.7 Å². The number of hydrogen-bond donors (Lipinski definition) is 2. The van der Waals surface area contributed by atoms with Crippen LogP contribution in [0.5, 0.6) is 0 Å². The summed E-state index contributed by atoms with van der Waals surface area (Å²) in [6.07, 6.45) is 3.79. The molecular formula is C17H26BrClN2O2. The molecule has 1 aromatic carbocycles. The highest BCUT2D eigenvalue weighted by Crippen LogP contribution is 2.32. The van der Waals surface area contributed by atoms with Crippen molar-refractivity contribution < 1.29 is 9.53 Å². The van der Waals surface area contributed by atoms with Crippen LogP contribution in [-0.2, 0) is 16.0 Å². The lowest BCUT2D eigenvalue weighted by Crippen LogP contribution is -2.45. The van der Waals surface area contributed by atoms with E-state index in [0.717, 1.165) is 22.9 Å². The Kier molecular flexibility index (Phi) is 9.14. The molecule has 0 aromatic heterocycles. The van der Waals surface area contributed by atoms with Gasteiger partial charge in [-0.1, -0.05) is 28.1 Å². The molecule has 3 N–H and O–H groups in total. The number of amides is 1. The van der Waals surface area contributed by atoms with Crippen LogP contribution in [0, 0.1) is 11.8 Å². The fraction of sp³-hybridized carbons (Fsp3) is 0.588. The number of hydrogen-bond acceptors (Lipinski definition) is 3. The van der Waals surface area contributed by atoms with Gasteiger partial charge in [0, 0.05) is 36.7 Å². The minimum atomic E-state index is -0.0814. The maximum Gasteiger partial charge on any atom is 0.223 e. The number of benzene rings is 1. The average molecular weight is 406 g/mol. The monoisotopic (exact) mass is 404 g/mol. The molecule has 1 aliphatic carbocycles. The van der Waals surface area contributed by atoms with Gasteiger partial charge in [0.15, 0.2) is 0 Å². The van der Waals surface area contributed by atoms with Crippen LogP contribution in [-0.4, -0.2) is 32.2 Å². The Morgan fingerprint density at radius 2 is 2.22 bits per heavy atom. The Morgan fingerprint density at radius 3 is 2.78 bits per heavy atom. The quantitative estimate of drug-likeness (QED) is 0.664. The van der Waals surface area contributed by atoms with Crippen LogP contribution in [0.3, 0.4) is 0 Å². The molecule has 1 saturated carbocycles. The Morgan fingerprint density at radius 1 is 1.48 bits per heavy atom. The minimum absolute atomic E-state index is 0. The first-order valence-electron chi connectivity index (χ1n) is 7.88. The van der Waals surface area contributed by atoms with E-state index in [0.29, 0.717) is 19.1 Å². The summed E-state index contributed by atoms with van der Waals surface area (Å²) in [6, 6.07) is 8.23. The van der Waals surface area contributed by atoms with Gasteiger partial charge in [-0.05, 0) is 49.3 Å². The third kappa shape index (κ3) is 6.79. The lowest BCUT2D eigenvalue weighted by molar-refractivity contribution is -0.126. The third-order valence-corrected chi connectivity index (χ3v) is 4.68. The number of ether oxygens (including phenoxy) is 1. The molecule has 0 radical (unpaired) electrons. The van der Waals surface area contributed by atoms with Crippen molar-refractivity contribution in [3.8, 4) is 0 Å². The summed E-state index contributed by atoms with van der Waals surface area (Å²) in [6.45, 7) is 1.10. The summed E-state index contributed by atoms with van der Waals surface area (Å²) >= 11 is 3.48. The van der Waals surface area contributed by atoms with E-state index in [1.807, 2.05) is 12.1 Å². The van der Waals surface area contributed by atoms with Gasteiger partial charge in [0.05, 0.1) is 0 Å². The Balaban J connectivity index is 0.00000264. The molecule has 1 fully saturated rings. The van der Waals surface area contributed by atoms with Gasteiger partial charge in [-0.3, -0.25) is 4.79 Å².